The molecule has 0 unspecified atom stereocenters. The number of piperazine rings is 1. The van der Waals surface area contributed by atoms with Crippen LogP contribution in [0.1, 0.15) is 18.2 Å². The van der Waals surface area contributed by atoms with Gasteiger partial charge in [-0.3, -0.25) is 4.90 Å². The van der Waals surface area contributed by atoms with Crippen LogP contribution in [0.15, 0.2) is 44.5 Å². The summed E-state index contributed by atoms with van der Waals surface area (Å²) in [5, 5.41) is 7.41. The smallest absolute Gasteiger partial charge is 0.194 e. The zero-order valence-electron chi connectivity index (χ0n) is 15.8. The maximum Gasteiger partial charge on any atom is 0.194 e. The van der Waals surface area contributed by atoms with Crippen LogP contribution in [-0.4, -0.2) is 60.7 Å². The molecule has 27 heavy (non-hydrogen) atoms. The average Bonchev–Trinajstić information content (AvgIpc) is 3.19. The van der Waals surface area contributed by atoms with E-state index in [-0.39, 0.29) is 0 Å². The van der Waals surface area contributed by atoms with Crippen LogP contribution < -0.4 is 10.1 Å². The molecule has 1 N–H and O–H groups in total. The van der Waals surface area contributed by atoms with Crippen LogP contribution in [0.5, 0.6) is 5.75 Å². The van der Waals surface area contributed by atoms with Gasteiger partial charge in [-0.1, -0.05) is 21.1 Å². The van der Waals surface area contributed by atoms with Crippen LogP contribution in [0.2, 0.25) is 0 Å². The molecular formula is C19H26BrN5O2. The monoisotopic (exact) mass is 435 g/mol. The SMILES string of the molecule is CCNC(=NCc1cc(Br)ccc1OC)N1CCN(Cc2ccon2)CC1. The van der Waals surface area contributed by atoms with E-state index in [0.717, 1.165) is 66.7 Å². The summed E-state index contributed by atoms with van der Waals surface area (Å²) >= 11 is 3.52. The Balaban J connectivity index is 1.62. The third-order valence-electron chi connectivity index (χ3n) is 4.53. The van der Waals surface area contributed by atoms with Gasteiger partial charge in [0.05, 0.1) is 19.3 Å². The summed E-state index contributed by atoms with van der Waals surface area (Å²) in [6, 6.07) is 7.92. The highest BCUT2D eigenvalue weighted by atomic mass is 79.9. The minimum Gasteiger partial charge on any atom is -0.496 e. The number of halogens is 1. The minimum atomic E-state index is 0.574. The van der Waals surface area contributed by atoms with Gasteiger partial charge in [-0.2, -0.15) is 0 Å². The Morgan fingerprint density at radius 1 is 1.30 bits per heavy atom. The molecule has 2 heterocycles. The van der Waals surface area contributed by atoms with Crippen LogP contribution in [0.4, 0.5) is 0 Å². The average molecular weight is 436 g/mol. The van der Waals surface area contributed by atoms with Gasteiger partial charge in [0.15, 0.2) is 5.96 Å². The van der Waals surface area contributed by atoms with E-state index in [1.165, 1.54) is 0 Å². The molecular weight excluding hydrogens is 410 g/mol. The van der Waals surface area contributed by atoms with Gasteiger partial charge in [0.1, 0.15) is 12.0 Å². The number of nitrogens with one attached hydrogen (secondary N) is 1. The van der Waals surface area contributed by atoms with E-state index < -0.39 is 0 Å². The quantitative estimate of drug-likeness (QED) is 0.555. The summed E-state index contributed by atoms with van der Waals surface area (Å²) in [7, 11) is 1.69. The summed E-state index contributed by atoms with van der Waals surface area (Å²) in [5.74, 6) is 1.80. The zero-order valence-corrected chi connectivity index (χ0v) is 17.4. The van der Waals surface area contributed by atoms with Crippen molar-refractivity contribution in [1.82, 2.24) is 20.3 Å². The standard InChI is InChI=1S/C19H26BrN5O2/c1-3-21-19(22-13-15-12-16(20)4-5-18(15)26-2)25-9-7-24(8-10-25)14-17-6-11-27-23-17/h4-6,11-12H,3,7-10,13-14H2,1-2H3,(H,21,22). The zero-order chi connectivity index (χ0) is 19.1. The van der Waals surface area contributed by atoms with Crippen molar-refractivity contribution in [3.05, 3.63) is 46.3 Å². The van der Waals surface area contributed by atoms with Crippen molar-refractivity contribution >= 4 is 21.9 Å². The fourth-order valence-corrected chi connectivity index (χ4v) is 3.53. The van der Waals surface area contributed by atoms with Gasteiger partial charge in [-0.05, 0) is 25.1 Å². The second-order valence-electron chi connectivity index (χ2n) is 6.38. The molecule has 0 bridgehead atoms. The highest BCUT2D eigenvalue weighted by molar-refractivity contribution is 9.10. The normalized spacial score (nSPS) is 15.8. The molecule has 1 fully saturated rings. The summed E-state index contributed by atoms with van der Waals surface area (Å²) < 4.78 is 11.4. The predicted molar refractivity (Wildman–Crippen MR) is 109 cm³/mol. The Bertz CT molecular complexity index is 743. The predicted octanol–water partition coefficient (Wildman–Crippen LogP) is 2.73. The number of aliphatic imine (C=N–C) groups is 1. The molecule has 3 rings (SSSR count). The van der Waals surface area contributed by atoms with Crippen molar-refractivity contribution < 1.29 is 9.26 Å². The molecule has 1 saturated heterocycles. The lowest BCUT2D eigenvalue weighted by atomic mass is 10.2. The number of hydrogen-bond acceptors (Lipinski definition) is 5. The first-order valence-electron chi connectivity index (χ1n) is 9.17. The first kappa shape index (κ1) is 19.7. The van der Waals surface area contributed by atoms with Crippen molar-refractivity contribution in [2.75, 3.05) is 39.8 Å². The van der Waals surface area contributed by atoms with Crippen LogP contribution in [0.3, 0.4) is 0 Å². The largest absolute Gasteiger partial charge is 0.496 e. The van der Waals surface area contributed by atoms with Gasteiger partial charge in [0.2, 0.25) is 0 Å². The number of nitrogens with zero attached hydrogens (tertiary/aromatic N) is 4. The maximum atomic E-state index is 5.46. The van der Waals surface area contributed by atoms with E-state index in [0.29, 0.717) is 6.54 Å². The Morgan fingerprint density at radius 2 is 2.11 bits per heavy atom. The number of benzene rings is 1. The highest BCUT2D eigenvalue weighted by Gasteiger charge is 2.20. The lowest BCUT2D eigenvalue weighted by Crippen LogP contribution is -2.52. The molecule has 1 aromatic heterocycles. The summed E-state index contributed by atoms with van der Waals surface area (Å²) in [6.45, 7) is 8.13. The molecule has 0 saturated carbocycles. The molecule has 0 radical (unpaired) electrons. The number of guanidine groups is 1. The first-order valence-corrected chi connectivity index (χ1v) is 9.96. The maximum absolute atomic E-state index is 5.46. The highest BCUT2D eigenvalue weighted by Crippen LogP contribution is 2.23. The van der Waals surface area contributed by atoms with E-state index in [1.54, 1.807) is 13.4 Å². The summed E-state index contributed by atoms with van der Waals surface area (Å²) in [6.07, 6.45) is 1.62. The van der Waals surface area contributed by atoms with Crippen LogP contribution >= 0.6 is 15.9 Å². The molecule has 1 aliphatic rings. The van der Waals surface area contributed by atoms with Gasteiger partial charge in [0.25, 0.3) is 0 Å². The molecule has 1 aliphatic heterocycles. The third kappa shape index (κ3) is 5.46. The number of methoxy groups -OCH3 is 1. The van der Waals surface area contributed by atoms with E-state index in [4.69, 9.17) is 14.3 Å². The number of aromatic nitrogens is 1. The van der Waals surface area contributed by atoms with Gasteiger partial charge >= 0.3 is 0 Å². The van der Waals surface area contributed by atoms with Crippen LogP contribution in [0, 0.1) is 0 Å². The van der Waals surface area contributed by atoms with Crippen molar-refractivity contribution in [2.45, 2.75) is 20.0 Å². The first-order chi connectivity index (χ1) is 13.2. The van der Waals surface area contributed by atoms with Gasteiger partial charge in [0, 0.05) is 55.4 Å². The van der Waals surface area contributed by atoms with Crippen molar-refractivity contribution in [3.63, 3.8) is 0 Å². The molecule has 0 spiro atoms. The molecule has 0 atom stereocenters. The fourth-order valence-electron chi connectivity index (χ4n) is 3.12. The molecule has 146 valence electrons. The lowest BCUT2D eigenvalue weighted by molar-refractivity contribution is 0.169. The minimum absolute atomic E-state index is 0.574. The third-order valence-corrected chi connectivity index (χ3v) is 5.02. The summed E-state index contributed by atoms with van der Waals surface area (Å²) in [5.41, 5.74) is 2.04. The second kappa shape index (κ2) is 9.75. The number of ether oxygens (including phenoxy) is 1. The van der Waals surface area contributed by atoms with Gasteiger partial charge < -0.3 is 19.5 Å². The number of rotatable bonds is 6. The van der Waals surface area contributed by atoms with Gasteiger partial charge in [-0.15, -0.1) is 0 Å². The molecule has 8 heteroatoms. The Hall–Kier alpha value is -2.06. The van der Waals surface area contributed by atoms with E-state index in [2.05, 4.69) is 49.2 Å². The van der Waals surface area contributed by atoms with E-state index in [9.17, 15) is 0 Å². The molecule has 1 aromatic carbocycles. The van der Waals surface area contributed by atoms with Crippen LogP contribution in [-0.2, 0) is 13.1 Å². The van der Waals surface area contributed by atoms with Crippen molar-refractivity contribution in [2.24, 2.45) is 4.99 Å². The van der Waals surface area contributed by atoms with Crippen molar-refractivity contribution in [1.29, 1.82) is 0 Å². The topological polar surface area (TPSA) is 66.1 Å². The van der Waals surface area contributed by atoms with Crippen molar-refractivity contribution in [3.8, 4) is 5.75 Å². The Labute approximate surface area is 168 Å². The molecule has 0 aliphatic carbocycles. The van der Waals surface area contributed by atoms with E-state index in [1.807, 2.05) is 18.2 Å². The summed E-state index contributed by atoms with van der Waals surface area (Å²) in [4.78, 5) is 9.54. The Morgan fingerprint density at radius 3 is 2.78 bits per heavy atom. The molecule has 2 aromatic rings. The molecule has 0 amide bonds. The second-order valence-corrected chi connectivity index (χ2v) is 7.30. The van der Waals surface area contributed by atoms with Gasteiger partial charge in [-0.25, -0.2) is 4.99 Å². The number of hydrogen-bond donors (Lipinski definition) is 1. The molecule has 7 nitrogen and oxygen atoms in total. The fraction of sp³-hybridized carbons (Fsp3) is 0.474. The lowest BCUT2D eigenvalue weighted by Gasteiger charge is -2.36. The van der Waals surface area contributed by atoms with Crippen LogP contribution in [0.25, 0.3) is 0 Å². The Kier molecular flexibility index (Phi) is 7.11. The van der Waals surface area contributed by atoms with E-state index >= 15 is 0 Å².